The van der Waals surface area contributed by atoms with Crippen LogP contribution in [0.4, 0.5) is 4.39 Å². The molecule has 1 aliphatic carbocycles. The minimum Gasteiger partial charge on any atom is -0.377 e. The molecule has 1 fully saturated rings. The third kappa shape index (κ3) is 3.85. The minimum absolute atomic E-state index is 0.116. The van der Waals surface area contributed by atoms with Crippen molar-refractivity contribution in [1.29, 1.82) is 0 Å². The van der Waals surface area contributed by atoms with Crippen molar-refractivity contribution in [3.05, 3.63) is 34.1 Å². The van der Waals surface area contributed by atoms with Gasteiger partial charge in [-0.3, -0.25) is 0 Å². The molecule has 1 saturated carbocycles. The SMILES string of the molecule is CNC(Cc1ccc(F)cc1Br)C1(OC)CCC(C)CC1. The molecular formula is C17H25BrFNO. The van der Waals surface area contributed by atoms with Crippen LogP contribution in [0, 0.1) is 11.7 Å². The number of likely N-dealkylation sites (N-methyl/N-ethyl adjacent to an activating group) is 1. The van der Waals surface area contributed by atoms with E-state index in [2.05, 4.69) is 28.2 Å². The molecule has 118 valence electrons. The van der Waals surface area contributed by atoms with Gasteiger partial charge in [0, 0.05) is 17.6 Å². The number of hydrogen-bond donors (Lipinski definition) is 1. The van der Waals surface area contributed by atoms with Crippen molar-refractivity contribution in [2.45, 2.75) is 50.7 Å². The van der Waals surface area contributed by atoms with Gasteiger partial charge in [0.05, 0.1) is 5.60 Å². The van der Waals surface area contributed by atoms with Crippen molar-refractivity contribution in [3.8, 4) is 0 Å². The average molecular weight is 358 g/mol. The summed E-state index contributed by atoms with van der Waals surface area (Å²) in [6.07, 6.45) is 5.40. The van der Waals surface area contributed by atoms with Crippen LogP contribution in [0.15, 0.2) is 22.7 Å². The molecule has 0 aliphatic heterocycles. The van der Waals surface area contributed by atoms with Gasteiger partial charge in [0.25, 0.3) is 0 Å². The van der Waals surface area contributed by atoms with Gasteiger partial charge < -0.3 is 10.1 Å². The van der Waals surface area contributed by atoms with Crippen molar-refractivity contribution in [1.82, 2.24) is 5.32 Å². The molecule has 0 heterocycles. The lowest BCUT2D eigenvalue weighted by Gasteiger charge is -2.44. The molecule has 1 unspecified atom stereocenters. The topological polar surface area (TPSA) is 21.3 Å². The number of rotatable bonds is 5. The summed E-state index contributed by atoms with van der Waals surface area (Å²) in [5.74, 6) is 0.572. The molecule has 21 heavy (non-hydrogen) atoms. The smallest absolute Gasteiger partial charge is 0.124 e. The highest BCUT2D eigenvalue weighted by atomic mass is 79.9. The Kier molecular flexibility index (Phi) is 5.81. The Labute approximate surface area is 135 Å². The van der Waals surface area contributed by atoms with Gasteiger partial charge in [-0.2, -0.15) is 0 Å². The molecule has 0 radical (unpaired) electrons. The van der Waals surface area contributed by atoms with Gasteiger partial charge in [0.1, 0.15) is 5.82 Å². The lowest BCUT2D eigenvalue weighted by Crippen LogP contribution is -2.54. The van der Waals surface area contributed by atoms with Crippen LogP contribution in [0.2, 0.25) is 0 Å². The zero-order valence-corrected chi connectivity index (χ0v) is 14.7. The van der Waals surface area contributed by atoms with Crippen LogP contribution < -0.4 is 5.32 Å². The molecule has 1 aliphatic rings. The molecule has 1 N–H and O–H groups in total. The van der Waals surface area contributed by atoms with Crippen molar-refractivity contribution in [3.63, 3.8) is 0 Å². The maximum atomic E-state index is 13.2. The summed E-state index contributed by atoms with van der Waals surface area (Å²) in [7, 11) is 3.81. The first-order valence-electron chi connectivity index (χ1n) is 7.67. The molecule has 0 spiro atoms. The van der Waals surface area contributed by atoms with Crippen molar-refractivity contribution >= 4 is 15.9 Å². The summed E-state index contributed by atoms with van der Waals surface area (Å²) in [5, 5.41) is 3.43. The van der Waals surface area contributed by atoms with Crippen molar-refractivity contribution in [2.24, 2.45) is 5.92 Å². The van der Waals surface area contributed by atoms with E-state index in [1.807, 2.05) is 20.2 Å². The second-order valence-corrected chi connectivity index (χ2v) is 7.09. The average Bonchev–Trinajstić information content (AvgIpc) is 2.48. The fraction of sp³-hybridized carbons (Fsp3) is 0.647. The van der Waals surface area contributed by atoms with Crippen LogP contribution in [0.3, 0.4) is 0 Å². The number of ether oxygens (including phenoxy) is 1. The van der Waals surface area contributed by atoms with Crippen LogP contribution in [0.1, 0.15) is 38.2 Å². The van der Waals surface area contributed by atoms with E-state index in [9.17, 15) is 4.39 Å². The minimum atomic E-state index is -0.209. The Hall–Kier alpha value is -0.450. The Balaban J connectivity index is 2.17. The number of methoxy groups -OCH3 is 1. The van der Waals surface area contributed by atoms with Crippen LogP contribution in [0.25, 0.3) is 0 Å². The maximum Gasteiger partial charge on any atom is 0.124 e. The van der Waals surface area contributed by atoms with Gasteiger partial charge in [0.15, 0.2) is 0 Å². The van der Waals surface area contributed by atoms with Crippen LogP contribution >= 0.6 is 15.9 Å². The molecule has 0 amide bonds. The van der Waals surface area contributed by atoms with E-state index in [0.717, 1.165) is 35.2 Å². The Morgan fingerprint density at radius 3 is 2.62 bits per heavy atom. The van der Waals surface area contributed by atoms with Crippen LogP contribution in [-0.2, 0) is 11.2 Å². The van der Waals surface area contributed by atoms with E-state index in [1.54, 1.807) is 0 Å². The standard InChI is InChI=1S/C17H25BrFNO/c1-12-6-8-17(21-3,9-7-12)16(20-2)10-13-4-5-14(19)11-15(13)18/h4-5,11-12,16,20H,6-10H2,1-3H3. The molecule has 2 rings (SSSR count). The Morgan fingerprint density at radius 1 is 1.43 bits per heavy atom. The molecule has 1 atom stereocenters. The normalized spacial score (nSPS) is 27.6. The zero-order valence-electron chi connectivity index (χ0n) is 13.1. The Morgan fingerprint density at radius 2 is 2.10 bits per heavy atom. The third-order valence-corrected chi connectivity index (χ3v) is 5.69. The van der Waals surface area contributed by atoms with E-state index in [4.69, 9.17) is 4.74 Å². The number of hydrogen-bond acceptors (Lipinski definition) is 2. The fourth-order valence-electron chi connectivity index (χ4n) is 3.40. The van der Waals surface area contributed by atoms with E-state index < -0.39 is 0 Å². The number of nitrogens with one attached hydrogen (secondary N) is 1. The van der Waals surface area contributed by atoms with Crippen LogP contribution in [0.5, 0.6) is 0 Å². The lowest BCUT2D eigenvalue weighted by atomic mass is 9.74. The van der Waals surface area contributed by atoms with Crippen LogP contribution in [-0.4, -0.2) is 25.8 Å². The van der Waals surface area contributed by atoms with E-state index in [-0.39, 0.29) is 17.5 Å². The van der Waals surface area contributed by atoms with Crippen molar-refractivity contribution < 1.29 is 9.13 Å². The summed E-state index contributed by atoms with van der Waals surface area (Å²) >= 11 is 3.47. The summed E-state index contributed by atoms with van der Waals surface area (Å²) in [6, 6.07) is 5.15. The molecule has 0 bridgehead atoms. The maximum absolute atomic E-state index is 13.2. The summed E-state index contributed by atoms with van der Waals surface area (Å²) in [5.41, 5.74) is 1.00. The van der Waals surface area contributed by atoms with E-state index in [1.165, 1.54) is 25.0 Å². The largest absolute Gasteiger partial charge is 0.377 e. The summed E-state index contributed by atoms with van der Waals surface area (Å²) in [4.78, 5) is 0. The summed E-state index contributed by atoms with van der Waals surface area (Å²) in [6.45, 7) is 2.31. The molecule has 0 saturated heterocycles. The van der Waals surface area contributed by atoms with Crippen molar-refractivity contribution in [2.75, 3.05) is 14.2 Å². The number of halogens is 2. The molecule has 1 aromatic rings. The summed E-state index contributed by atoms with van der Waals surface area (Å²) < 4.78 is 20.0. The van der Waals surface area contributed by atoms with Gasteiger partial charge in [0.2, 0.25) is 0 Å². The number of benzene rings is 1. The Bertz CT molecular complexity index is 472. The van der Waals surface area contributed by atoms with Gasteiger partial charge in [-0.25, -0.2) is 4.39 Å². The predicted molar refractivity (Wildman–Crippen MR) is 88.0 cm³/mol. The first-order valence-corrected chi connectivity index (χ1v) is 8.46. The van der Waals surface area contributed by atoms with Gasteiger partial charge >= 0.3 is 0 Å². The highest BCUT2D eigenvalue weighted by Crippen LogP contribution is 2.38. The third-order valence-electron chi connectivity index (χ3n) is 4.95. The second kappa shape index (κ2) is 7.21. The van der Waals surface area contributed by atoms with E-state index in [0.29, 0.717) is 0 Å². The zero-order chi connectivity index (χ0) is 15.5. The molecular weight excluding hydrogens is 333 g/mol. The van der Waals surface area contributed by atoms with E-state index >= 15 is 0 Å². The monoisotopic (exact) mass is 357 g/mol. The quantitative estimate of drug-likeness (QED) is 0.847. The van der Waals surface area contributed by atoms with Gasteiger partial charge in [-0.1, -0.05) is 28.9 Å². The molecule has 1 aromatic carbocycles. The first kappa shape index (κ1) is 16.9. The van der Waals surface area contributed by atoms with Gasteiger partial charge in [-0.05, 0) is 62.8 Å². The lowest BCUT2D eigenvalue weighted by molar-refractivity contribution is -0.0730. The highest BCUT2D eigenvalue weighted by molar-refractivity contribution is 9.10. The fourth-order valence-corrected chi connectivity index (χ4v) is 3.92. The molecule has 4 heteroatoms. The first-order chi connectivity index (χ1) is 10.0. The highest BCUT2D eigenvalue weighted by Gasteiger charge is 2.40. The predicted octanol–water partition coefficient (Wildman–Crippen LogP) is 4.31. The molecule has 0 aromatic heterocycles. The molecule has 2 nitrogen and oxygen atoms in total. The van der Waals surface area contributed by atoms with Gasteiger partial charge in [-0.15, -0.1) is 0 Å². The second-order valence-electron chi connectivity index (χ2n) is 6.23.